The van der Waals surface area contributed by atoms with Crippen molar-refractivity contribution in [2.75, 3.05) is 26.3 Å². The minimum atomic E-state index is 0.864. The molecule has 2 nitrogen and oxygen atoms in total. The largest absolute Gasteiger partial charge is 0.378 e. The van der Waals surface area contributed by atoms with E-state index in [-0.39, 0.29) is 0 Å². The third-order valence-electron chi connectivity index (χ3n) is 3.82. The predicted molar refractivity (Wildman–Crippen MR) is 60.4 cm³/mol. The van der Waals surface area contributed by atoms with Gasteiger partial charge < -0.3 is 9.64 Å². The van der Waals surface area contributed by atoms with Gasteiger partial charge in [-0.3, -0.25) is 0 Å². The van der Waals surface area contributed by atoms with Crippen LogP contribution in [0.2, 0.25) is 0 Å². The van der Waals surface area contributed by atoms with Crippen LogP contribution in [-0.2, 0) is 4.74 Å². The molecule has 0 N–H and O–H groups in total. The molecule has 2 heteroatoms. The lowest BCUT2D eigenvalue weighted by molar-refractivity contribution is 0.0550. The van der Waals surface area contributed by atoms with Gasteiger partial charge in [0.1, 0.15) is 0 Å². The maximum Gasteiger partial charge on any atom is 0.0642 e. The SMILES string of the molecule is CCC1=CC(N2CCOCC2)=CC2CC12. The molecular weight excluding hydrogens is 186 g/mol. The second-order valence-electron chi connectivity index (χ2n) is 4.77. The monoisotopic (exact) mass is 205 g/mol. The Morgan fingerprint density at radius 2 is 2.20 bits per heavy atom. The van der Waals surface area contributed by atoms with Crippen molar-refractivity contribution in [3.05, 3.63) is 23.4 Å². The zero-order valence-corrected chi connectivity index (χ0v) is 9.41. The van der Waals surface area contributed by atoms with Gasteiger partial charge in [0.15, 0.2) is 0 Å². The molecule has 0 radical (unpaired) electrons. The maximum absolute atomic E-state index is 5.39. The Morgan fingerprint density at radius 1 is 1.40 bits per heavy atom. The first-order chi connectivity index (χ1) is 7.38. The number of hydrogen-bond acceptors (Lipinski definition) is 2. The molecule has 2 unspecified atom stereocenters. The number of fused-ring (bicyclic) bond motifs is 1. The molecule has 1 heterocycles. The van der Waals surface area contributed by atoms with Gasteiger partial charge >= 0.3 is 0 Å². The van der Waals surface area contributed by atoms with E-state index in [2.05, 4.69) is 24.0 Å². The molecule has 1 saturated carbocycles. The van der Waals surface area contributed by atoms with Gasteiger partial charge in [-0.1, -0.05) is 18.6 Å². The van der Waals surface area contributed by atoms with Crippen molar-refractivity contribution in [1.82, 2.24) is 4.90 Å². The number of rotatable bonds is 2. The van der Waals surface area contributed by atoms with Crippen LogP contribution in [0.3, 0.4) is 0 Å². The predicted octanol–water partition coefficient (Wildman–Crippen LogP) is 2.19. The summed E-state index contributed by atoms with van der Waals surface area (Å²) in [7, 11) is 0. The summed E-state index contributed by atoms with van der Waals surface area (Å²) in [5, 5.41) is 0. The molecule has 1 saturated heterocycles. The third kappa shape index (κ3) is 1.71. The van der Waals surface area contributed by atoms with Crippen molar-refractivity contribution in [3.8, 4) is 0 Å². The van der Waals surface area contributed by atoms with Gasteiger partial charge in [0.2, 0.25) is 0 Å². The summed E-state index contributed by atoms with van der Waals surface area (Å²) >= 11 is 0. The molecular formula is C13H19NO. The minimum absolute atomic E-state index is 0.864. The average molecular weight is 205 g/mol. The van der Waals surface area contributed by atoms with Gasteiger partial charge in [0, 0.05) is 18.8 Å². The Hall–Kier alpha value is -0.760. The lowest BCUT2D eigenvalue weighted by Gasteiger charge is -2.31. The zero-order valence-electron chi connectivity index (χ0n) is 9.41. The molecule has 2 aliphatic carbocycles. The van der Waals surface area contributed by atoms with Gasteiger partial charge in [-0.2, -0.15) is 0 Å². The van der Waals surface area contributed by atoms with Gasteiger partial charge in [-0.25, -0.2) is 0 Å². The third-order valence-corrected chi connectivity index (χ3v) is 3.82. The topological polar surface area (TPSA) is 12.5 Å². The Labute approximate surface area is 91.6 Å². The smallest absolute Gasteiger partial charge is 0.0642 e. The fourth-order valence-electron chi connectivity index (χ4n) is 2.77. The first-order valence-electron chi connectivity index (χ1n) is 6.13. The number of allylic oxidation sites excluding steroid dienone is 3. The van der Waals surface area contributed by atoms with Crippen LogP contribution in [-0.4, -0.2) is 31.2 Å². The molecule has 2 fully saturated rings. The van der Waals surface area contributed by atoms with Gasteiger partial charge in [-0.15, -0.1) is 0 Å². The molecule has 0 spiro atoms. The van der Waals surface area contributed by atoms with Crippen LogP contribution in [0.4, 0.5) is 0 Å². The summed E-state index contributed by atoms with van der Waals surface area (Å²) < 4.78 is 5.39. The first kappa shape index (κ1) is 9.46. The second-order valence-corrected chi connectivity index (χ2v) is 4.77. The molecule has 0 aromatic rings. The Kier molecular flexibility index (Phi) is 2.32. The van der Waals surface area contributed by atoms with Crippen molar-refractivity contribution in [2.24, 2.45) is 11.8 Å². The van der Waals surface area contributed by atoms with Crippen LogP contribution in [0.5, 0.6) is 0 Å². The molecule has 2 atom stereocenters. The zero-order chi connectivity index (χ0) is 10.3. The Bertz CT molecular complexity index is 312. The summed E-state index contributed by atoms with van der Waals surface area (Å²) in [5.41, 5.74) is 3.14. The van der Waals surface area contributed by atoms with Crippen LogP contribution in [0.1, 0.15) is 19.8 Å². The molecule has 0 aromatic heterocycles. The molecule has 82 valence electrons. The fraction of sp³-hybridized carbons (Fsp3) is 0.692. The van der Waals surface area contributed by atoms with Crippen LogP contribution < -0.4 is 0 Å². The summed E-state index contributed by atoms with van der Waals surface area (Å²) in [5.74, 6) is 1.77. The highest BCUT2D eigenvalue weighted by Crippen LogP contribution is 2.50. The van der Waals surface area contributed by atoms with E-state index < -0.39 is 0 Å². The quantitative estimate of drug-likeness (QED) is 0.685. The molecule has 0 amide bonds. The Balaban J connectivity index is 1.77. The lowest BCUT2D eigenvalue weighted by Crippen LogP contribution is -2.35. The van der Waals surface area contributed by atoms with Gasteiger partial charge in [0.25, 0.3) is 0 Å². The average Bonchev–Trinajstić information content (AvgIpc) is 3.08. The van der Waals surface area contributed by atoms with E-state index in [1.54, 1.807) is 5.57 Å². The maximum atomic E-state index is 5.39. The number of nitrogens with zero attached hydrogens (tertiary/aromatic N) is 1. The molecule has 0 bridgehead atoms. The van der Waals surface area contributed by atoms with Crippen molar-refractivity contribution >= 4 is 0 Å². The summed E-state index contributed by atoms with van der Waals surface area (Å²) in [6.45, 7) is 6.19. The van der Waals surface area contributed by atoms with Crippen molar-refractivity contribution in [1.29, 1.82) is 0 Å². The van der Waals surface area contributed by atoms with Crippen LogP contribution in [0.25, 0.3) is 0 Å². The molecule has 3 aliphatic rings. The normalized spacial score (nSPS) is 34.3. The van der Waals surface area contributed by atoms with Crippen LogP contribution >= 0.6 is 0 Å². The van der Waals surface area contributed by atoms with E-state index >= 15 is 0 Å². The van der Waals surface area contributed by atoms with Gasteiger partial charge in [0.05, 0.1) is 13.2 Å². The number of ether oxygens (including phenoxy) is 1. The molecule has 1 aliphatic heterocycles. The van der Waals surface area contributed by atoms with E-state index in [0.717, 1.165) is 38.1 Å². The van der Waals surface area contributed by atoms with Crippen LogP contribution in [0, 0.1) is 11.8 Å². The first-order valence-corrected chi connectivity index (χ1v) is 6.13. The van der Waals surface area contributed by atoms with E-state index in [1.807, 2.05) is 0 Å². The van der Waals surface area contributed by atoms with E-state index in [9.17, 15) is 0 Å². The highest BCUT2D eigenvalue weighted by molar-refractivity contribution is 5.36. The summed E-state index contributed by atoms with van der Waals surface area (Å²) in [6.07, 6.45) is 7.53. The molecule has 15 heavy (non-hydrogen) atoms. The van der Waals surface area contributed by atoms with Crippen LogP contribution in [0.15, 0.2) is 23.4 Å². The number of hydrogen-bond donors (Lipinski definition) is 0. The summed E-state index contributed by atoms with van der Waals surface area (Å²) in [4.78, 5) is 2.48. The van der Waals surface area contributed by atoms with Gasteiger partial charge in [-0.05, 0) is 30.8 Å². The van der Waals surface area contributed by atoms with E-state index in [4.69, 9.17) is 4.74 Å². The highest BCUT2D eigenvalue weighted by atomic mass is 16.5. The molecule has 0 aromatic carbocycles. The minimum Gasteiger partial charge on any atom is -0.378 e. The molecule has 3 rings (SSSR count). The van der Waals surface area contributed by atoms with Crippen molar-refractivity contribution < 1.29 is 4.74 Å². The lowest BCUT2D eigenvalue weighted by atomic mass is 10.00. The summed E-state index contributed by atoms with van der Waals surface area (Å²) in [6, 6.07) is 0. The standard InChI is InChI=1S/C13H19NO/c1-2-10-7-12(8-11-9-13(10)11)14-3-5-15-6-4-14/h7-8,11,13H,2-6,9H2,1H3. The Morgan fingerprint density at radius 3 is 2.93 bits per heavy atom. The highest BCUT2D eigenvalue weighted by Gasteiger charge is 2.40. The van der Waals surface area contributed by atoms with E-state index in [0.29, 0.717) is 0 Å². The fourth-order valence-corrected chi connectivity index (χ4v) is 2.77. The van der Waals surface area contributed by atoms with Crippen molar-refractivity contribution in [3.63, 3.8) is 0 Å². The van der Waals surface area contributed by atoms with E-state index in [1.165, 1.54) is 18.5 Å². The second kappa shape index (κ2) is 3.67. The van der Waals surface area contributed by atoms with Crippen molar-refractivity contribution in [2.45, 2.75) is 19.8 Å². The number of morpholine rings is 1.